The highest BCUT2D eigenvalue weighted by Gasteiger charge is 2.08. The summed E-state index contributed by atoms with van der Waals surface area (Å²) in [5, 5.41) is 12.1. The van der Waals surface area contributed by atoms with Crippen molar-refractivity contribution >= 4 is 29.2 Å². The molecule has 0 heterocycles. The fraction of sp³-hybridized carbons (Fsp3) is 0.222. The number of carboxylic acid groups (broad SMARTS) is 1. The summed E-state index contributed by atoms with van der Waals surface area (Å²) in [7, 11) is 0. The van der Waals surface area contributed by atoms with Crippen LogP contribution in [-0.4, -0.2) is 17.0 Å². The van der Waals surface area contributed by atoms with Crippen molar-refractivity contribution in [2.75, 3.05) is 5.32 Å². The molecule has 1 amide bonds. The van der Waals surface area contributed by atoms with Crippen LogP contribution in [0.5, 0.6) is 0 Å². The van der Waals surface area contributed by atoms with E-state index in [0.717, 1.165) is 11.1 Å². The van der Waals surface area contributed by atoms with E-state index in [1.54, 1.807) is 18.2 Å². The molecule has 0 spiro atoms. The minimum absolute atomic E-state index is 0.161. The van der Waals surface area contributed by atoms with Crippen LogP contribution in [0.3, 0.4) is 0 Å². The molecular formula is C18H18ClNO3. The van der Waals surface area contributed by atoms with E-state index >= 15 is 0 Å². The Morgan fingerprint density at radius 2 is 1.83 bits per heavy atom. The molecule has 23 heavy (non-hydrogen) atoms. The summed E-state index contributed by atoms with van der Waals surface area (Å²) in [5.74, 6) is -0.976. The number of benzene rings is 2. The molecule has 0 bridgehead atoms. The molecule has 0 fully saturated rings. The van der Waals surface area contributed by atoms with Crippen LogP contribution in [0.4, 0.5) is 5.69 Å². The summed E-state index contributed by atoms with van der Waals surface area (Å²) in [6.45, 7) is 1.85. The molecule has 2 rings (SSSR count). The molecule has 0 radical (unpaired) electrons. The number of carboxylic acids is 1. The maximum absolute atomic E-state index is 12.2. The standard InChI is InChI=1S/C18H18ClNO3/c1-12-11-14(7-10-16(12)19)18(23)20-15-8-5-13(6-9-15)3-2-4-17(21)22/h5-11H,2-4H2,1H3,(H,20,23)(H,21,22). The summed E-state index contributed by atoms with van der Waals surface area (Å²) < 4.78 is 0. The predicted octanol–water partition coefficient (Wildman–Crippen LogP) is 4.31. The molecule has 2 aromatic carbocycles. The van der Waals surface area contributed by atoms with Gasteiger partial charge >= 0.3 is 5.97 Å². The number of anilines is 1. The van der Waals surface area contributed by atoms with Gasteiger partial charge in [-0.2, -0.15) is 0 Å². The smallest absolute Gasteiger partial charge is 0.303 e. The van der Waals surface area contributed by atoms with Gasteiger partial charge in [-0.3, -0.25) is 9.59 Å². The number of carbonyl (C=O) groups is 2. The predicted molar refractivity (Wildman–Crippen MR) is 91.2 cm³/mol. The van der Waals surface area contributed by atoms with Crippen molar-refractivity contribution in [2.24, 2.45) is 0 Å². The minimum atomic E-state index is -0.785. The first-order chi connectivity index (χ1) is 11.0. The van der Waals surface area contributed by atoms with E-state index in [2.05, 4.69) is 5.32 Å². The van der Waals surface area contributed by atoms with E-state index in [4.69, 9.17) is 16.7 Å². The van der Waals surface area contributed by atoms with Crippen molar-refractivity contribution in [1.82, 2.24) is 0 Å². The Balaban J connectivity index is 1.95. The number of amides is 1. The first-order valence-corrected chi connectivity index (χ1v) is 7.72. The van der Waals surface area contributed by atoms with Crippen LogP contribution in [0, 0.1) is 6.92 Å². The normalized spacial score (nSPS) is 10.3. The van der Waals surface area contributed by atoms with Crippen molar-refractivity contribution in [3.05, 3.63) is 64.2 Å². The Morgan fingerprint density at radius 1 is 1.13 bits per heavy atom. The molecule has 5 heteroatoms. The summed E-state index contributed by atoms with van der Waals surface area (Å²) >= 11 is 5.96. The zero-order valence-electron chi connectivity index (χ0n) is 12.8. The van der Waals surface area contributed by atoms with Gasteiger partial charge < -0.3 is 10.4 Å². The summed E-state index contributed by atoms with van der Waals surface area (Å²) in [5.41, 5.74) is 3.15. The zero-order chi connectivity index (χ0) is 16.8. The molecule has 120 valence electrons. The first kappa shape index (κ1) is 17.0. The van der Waals surface area contributed by atoms with Gasteiger partial charge in [0.25, 0.3) is 5.91 Å². The number of aryl methyl sites for hydroxylation is 2. The third-order valence-corrected chi connectivity index (χ3v) is 3.91. The molecule has 0 saturated heterocycles. The van der Waals surface area contributed by atoms with Gasteiger partial charge in [0.15, 0.2) is 0 Å². The molecule has 0 saturated carbocycles. The summed E-state index contributed by atoms with van der Waals surface area (Å²) in [6.07, 6.45) is 1.47. The Morgan fingerprint density at radius 3 is 2.43 bits per heavy atom. The van der Waals surface area contributed by atoms with Crippen LogP contribution in [-0.2, 0) is 11.2 Å². The van der Waals surface area contributed by atoms with Crippen LogP contribution < -0.4 is 5.32 Å². The average Bonchev–Trinajstić information content (AvgIpc) is 2.51. The zero-order valence-corrected chi connectivity index (χ0v) is 13.6. The second kappa shape index (κ2) is 7.79. The molecule has 0 aliphatic carbocycles. The van der Waals surface area contributed by atoms with E-state index in [9.17, 15) is 9.59 Å². The Hall–Kier alpha value is -2.33. The molecule has 0 atom stereocenters. The third kappa shape index (κ3) is 5.11. The molecule has 0 aliphatic heterocycles. The van der Waals surface area contributed by atoms with Gasteiger partial charge in [0.05, 0.1) is 0 Å². The molecule has 4 nitrogen and oxygen atoms in total. The molecule has 2 aromatic rings. The van der Waals surface area contributed by atoms with E-state index < -0.39 is 5.97 Å². The number of hydrogen-bond donors (Lipinski definition) is 2. The first-order valence-electron chi connectivity index (χ1n) is 7.34. The fourth-order valence-electron chi connectivity index (χ4n) is 2.19. The Kier molecular flexibility index (Phi) is 5.77. The summed E-state index contributed by atoms with van der Waals surface area (Å²) in [6, 6.07) is 12.6. The van der Waals surface area contributed by atoms with Gasteiger partial charge in [-0.25, -0.2) is 0 Å². The summed E-state index contributed by atoms with van der Waals surface area (Å²) in [4.78, 5) is 22.7. The van der Waals surface area contributed by atoms with E-state index in [-0.39, 0.29) is 12.3 Å². The van der Waals surface area contributed by atoms with Crippen LogP contribution in [0.2, 0.25) is 5.02 Å². The molecule has 0 aromatic heterocycles. The largest absolute Gasteiger partial charge is 0.481 e. The second-order valence-corrected chi connectivity index (χ2v) is 5.77. The number of rotatable bonds is 6. The van der Waals surface area contributed by atoms with Crippen molar-refractivity contribution in [1.29, 1.82) is 0 Å². The van der Waals surface area contributed by atoms with Crippen LogP contribution in [0.25, 0.3) is 0 Å². The maximum atomic E-state index is 12.2. The number of hydrogen-bond acceptors (Lipinski definition) is 2. The van der Waals surface area contributed by atoms with Gasteiger partial charge in [-0.15, -0.1) is 0 Å². The number of halogens is 1. The highest BCUT2D eigenvalue weighted by Crippen LogP contribution is 2.18. The Labute approximate surface area is 140 Å². The van der Waals surface area contributed by atoms with Crippen LogP contribution >= 0.6 is 11.6 Å². The number of nitrogens with one attached hydrogen (secondary N) is 1. The van der Waals surface area contributed by atoms with E-state index in [0.29, 0.717) is 29.1 Å². The minimum Gasteiger partial charge on any atom is -0.481 e. The lowest BCUT2D eigenvalue weighted by Gasteiger charge is -2.08. The highest BCUT2D eigenvalue weighted by molar-refractivity contribution is 6.31. The van der Waals surface area contributed by atoms with E-state index in [1.165, 1.54) is 0 Å². The molecular weight excluding hydrogens is 314 g/mol. The lowest BCUT2D eigenvalue weighted by molar-refractivity contribution is -0.137. The Bertz CT molecular complexity index is 711. The lowest BCUT2D eigenvalue weighted by atomic mass is 10.1. The number of carbonyl (C=O) groups excluding carboxylic acids is 1. The maximum Gasteiger partial charge on any atom is 0.303 e. The third-order valence-electron chi connectivity index (χ3n) is 3.49. The van der Waals surface area contributed by atoms with Gasteiger partial charge in [-0.1, -0.05) is 23.7 Å². The van der Waals surface area contributed by atoms with Crippen LogP contribution in [0.1, 0.15) is 34.3 Å². The highest BCUT2D eigenvalue weighted by atomic mass is 35.5. The van der Waals surface area contributed by atoms with Gasteiger partial charge in [0.2, 0.25) is 0 Å². The van der Waals surface area contributed by atoms with Crippen molar-refractivity contribution in [3.8, 4) is 0 Å². The SMILES string of the molecule is Cc1cc(C(=O)Nc2ccc(CCCC(=O)O)cc2)ccc1Cl. The topological polar surface area (TPSA) is 66.4 Å². The molecule has 2 N–H and O–H groups in total. The van der Waals surface area contributed by atoms with Crippen molar-refractivity contribution in [2.45, 2.75) is 26.2 Å². The average molecular weight is 332 g/mol. The van der Waals surface area contributed by atoms with Gasteiger partial charge in [-0.05, 0) is 61.2 Å². The molecule has 0 aliphatic rings. The quantitative estimate of drug-likeness (QED) is 0.829. The van der Waals surface area contributed by atoms with Gasteiger partial charge in [0.1, 0.15) is 0 Å². The van der Waals surface area contributed by atoms with Gasteiger partial charge in [0, 0.05) is 22.7 Å². The second-order valence-electron chi connectivity index (χ2n) is 5.36. The monoisotopic (exact) mass is 331 g/mol. The molecule has 0 unspecified atom stereocenters. The fourth-order valence-corrected chi connectivity index (χ4v) is 2.31. The van der Waals surface area contributed by atoms with Crippen LogP contribution in [0.15, 0.2) is 42.5 Å². The van der Waals surface area contributed by atoms with Crippen molar-refractivity contribution < 1.29 is 14.7 Å². The van der Waals surface area contributed by atoms with E-state index in [1.807, 2.05) is 31.2 Å². The lowest BCUT2D eigenvalue weighted by Crippen LogP contribution is -2.12. The number of aliphatic carboxylic acids is 1. The van der Waals surface area contributed by atoms with Crippen molar-refractivity contribution in [3.63, 3.8) is 0 Å².